The Morgan fingerprint density at radius 1 is 1.03 bits per heavy atom. The minimum Gasteiger partial charge on any atom is -0.496 e. The van der Waals surface area contributed by atoms with Gasteiger partial charge in [0.25, 0.3) is 5.91 Å². The van der Waals surface area contributed by atoms with E-state index in [2.05, 4.69) is 43.3 Å². The quantitative estimate of drug-likeness (QED) is 0.466. The highest BCUT2D eigenvalue weighted by Crippen LogP contribution is 2.25. The number of aromatic nitrogens is 3. The molecule has 1 amide bonds. The number of nitrogens with zero attached hydrogens (tertiary/aromatic N) is 3. The normalized spacial score (nSPS) is 11.1. The molecule has 0 radical (unpaired) electrons. The Kier molecular flexibility index (Phi) is 6.18. The molecule has 33 heavy (non-hydrogen) atoms. The molecule has 0 atom stereocenters. The summed E-state index contributed by atoms with van der Waals surface area (Å²) in [7, 11) is 1.62. The summed E-state index contributed by atoms with van der Waals surface area (Å²) in [5, 5.41) is 7.47. The van der Waals surface area contributed by atoms with Gasteiger partial charge < -0.3 is 10.1 Å². The van der Waals surface area contributed by atoms with Crippen LogP contribution in [0.25, 0.3) is 5.65 Å². The zero-order chi connectivity index (χ0) is 23.7. The minimum absolute atomic E-state index is 0.208. The van der Waals surface area contributed by atoms with Crippen molar-refractivity contribution in [1.82, 2.24) is 19.9 Å². The lowest BCUT2D eigenvalue weighted by Gasteiger charge is -2.16. The average Bonchev–Trinajstić information content (AvgIpc) is 3.20. The molecular formula is C27H30N4O2. The van der Waals surface area contributed by atoms with E-state index in [0.29, 0.717) is 17.8 Å². The highest BCUT2D eigenvalue weighted by Gasteiger charge is 2.19. The van der Waals surface area contributed by atoms with Crippen molar-refractivity contribution in [3.8, 4) is 5.75 Å². The third kappa shape index (κ3) is 4.33. The number of carbonyl (C=O) groups excluding carboxylic acids is 1. The van der Waals surface area contributed by atoms with Crippen molar-refractivity contribution < 1.29 is 9.53 Å². The average molecular weight is 443 g/mol. The van der Waals surface area contributed by atoms with Crippen LogP contribution in [0.2, 0.25) is 0 Å². The molecule has 2 heterocycles. The molecule has 0 fully saturated rings. The molecule has 0 bridgehead atoms. The van der Waals surface area contributed by atoms with Gasteiger partial charge in [0.2, 0.25) is 0 Å². The summed E-state index contributed by atoms with van der Waals surface area (Å²) in [4.78, 5) is 17.8. The van der Waals surface area contributed by atoms with E-state index in [1.165, 1.54) is 22.3 Å². The molecule has 0 aliphatic rings. The first-order valence-electron chi connectivity index (χ1n) is 11.1. The topological polar surface area (TPSA) is 68.5 Å². The van der Waals surface area contributed by atoms with Gasteiger partial charge in [-0.15, -0.1) is 0 Å². The molecule has 0 saturated heterocycles. The molecule has 0 aliphatic carbocycles. The number of nitrogens with one attached hydrogen (secondary N) is 1. The molecule has 6 heteroatoms. The number of hydrogen-bond acceptors (Lipinski definition) is 4. The van der Waals surface area contributed by atoms with Crippen LogP contribution in [0.1, 0.15) is 55.1 Å². The molecule has 2 aromatic carbocycles. The first kappa shape index (κ1) is 22.5. The van der Waals surface area contributed by atoms with Crippen molar-refractivity contribution in [1.29, 1.82) is 0 Å². The smallest absolute Gasteiger partial charge is 0.257 e. The van der Waals surface area contributed by atoms with Gasteiger partial charge in [-0.3, -0.25) is 4.79 Å². The van der Waals surface area contributed by atoms with Crippen LogP contribution in [0.3, 0.4) is 0 Å². The lowest BCUT2D eigenvalue weighted by Crippen LogP contribution is -2.23. The third-order valence-corrected chi connectivity index (χ3v) is 6.28. The van der Waals surface area contributed by atoms with Gasteiger partial charge in [-0.25, -0.2) is 9.50 Å². The van der Waals surface area contributed by atoms with Crippen LogP contribution in [0.4, 0.5) is 0 Å². The van der Waals surface area contributed by atoms with E-state index in [9.17, 15) is 4.79 Å². The van der Waals surface area contributed by atoms with E-state index in [4.69, 9.17) is 9.72 Å². The van der Waals surface area contributed by atoms with Crippen LogP contribution in [-0.2, 0) is 13.0 Å². The molecular weight excluding hydrogens is 412 g/mol. The Bertz CT molecular complexity index is 1330. The molecule has 1 N–H and O–H groups in total. The summed E-state index contributed by atoms with van der Waals surface area (Å²) >= 11 is 0. The summed E-state index contributed by atoms with van der Waals surface area (Å²) < 4.78 is 7.15. The Hall–Kier alpha value is -3.67. The van der Waals surface area contributed by atoms with E-state index < -0.39 is 0 Å². The van der Waals surface area contributed by atoms with Crippen LogP contribution in [0.5, 0.6) is 5.75 Å². The van der Waals surface area contributed by atoms with Gasteiger partial charge in [-0.1, -0.05) is 35.9 Å². The van der Waals surface area contributed by atoms with Gasteiger partial charge in [0.1, 0.15) is 11.3 Å². The largest absolute Gasteiger partial charge is 0.496 e. The Morgan fingerprint density at radius 2 is 1.73 bits per heavy atom. The number of hydrogen-bond donors (Lipinski definition) is 1. The fraction of sp³-hybridized carbons (Fsp3) is 0.296. The number of aryl methyl sites for hydroxylation is 5. The fourth-order valence-electron chi connectivity index (χ4n) is 4.51. The molecule has 0 spiro atoms. The van der Waals surface area contributed by atoms with E-state index in [1.807, 2.05) is 38.1 Å². The molecule has 2 aromatic heterocycles. The summed E-state index contributed by atoms with van der Waals surface area (Å²) in [6, 6.07) is 12.1. The van der Waals surface area contributed by atoms with Crippen molar-refractivity contribution in [2.75, 3.05) is 7.11 Å². The molecule has 0 saturated carbocycles. The van der Waals surface area contributed by atoms with Crippen LogP contribution >= 0.6 is 0 Å². The van der Waals surface area contributed by atoms with Gasteiger partial charge in [-0.05, 0) is 62.9 Å². The molecule has 170 valence electrons. The standard InChI is InChI=1S/C27H30N4O2/c1-16-11-17(2)22(18(3)12-16)13-23-19(4)30-26-24(15-29-31(26)20(23)5)27(32)28-14-21-9-7-8-10-25(21)33-6/h7-12,15H,13-14H2,1-6H3,(H,28,32). The van der Waals surface area contributed by atoms with Gasteiger partial charge >= 0.3 is 0 Å². The number of para-hydroxylation sites is 1. The monoisotopic (exact) mass is 442 g/mol. The highest BCUT2D eigenvalue weighted by molar-refractivity contribution is 5.99. The zero-order valence-corrected chi connectivity index (χ0v) is 20.1. The van der Waals surface area contributed by atoms with E-state index in [0.717, 1.165) is 34.7 Å². The number of carbonyl (C=O) groups is 1. The van der Waals surface area contributed by atoms with Crippen LogP contribution in [0.15, 0.2) is 42.6 Å². The SMILES string of the molecule is COc1ccccc1CNC(=O)c1cnn2c(C)c(Cc3c(C)cc(C)cc3C)c(C)nc12. The summed E-state index contributed by atoms with van der Waals surface area (Å²) in [5.41, 5.74) is 10.2. The van der Waals surface area contributed by atoms with E-state index >= 15 is 0 Å². The maximum Gasteiger partial charge on any atom is 0.257 e. The molecule has 0 unspecified atom stereocenters. The van der Waals surface area contributed by atoms with Gasteiger partial charge in [-0.2, -0.15) is 5.10 Å². The Balaban J connectivity index is 1.64. The number of benzene rings is 2. The van der Waals surface area contributed by atoms with Crippen molar-refractivity contribution in [3.63, 3.8) is 0 Å². The lowest BCUT2D eigenvalue weighted by atomic mass is 9.93. The second-order valence-electron chi connectivity index (χ2n) is 8.60. The number of fused-ring (bicyclic) bond motifs is 1. The van der Waals surface area contributed by atoms with Crippen LogP contribution in [0, 0.1) is 34.6 Å². The van der Waals surface area contributed by atoms with Gasteiger partial charge in [0, 0.05) is 29.9 Å². The summed E-state index contributed by atoms with van der Waals surface area (Å²) in [6.45, 7) is 10.8. The highest BCUT2D eigenvalue weighted by atomic mass is 16.5. The second-order valence-corrected chi connectivity index (χ2v) is 8.60. The van der Waals surface area contributed by atoms with Crippen LogP contribution < -0.4 is 10.1 Å². The molecule has 0 aliphatic heterocycles. The lowest BCUT2D eigenvalue weighted by molar-refractivity contribution is 0.0952. The van der Waals surface area contributed by atoms with Gasteiger partial charge in [0.15, 0.2) is 5.65 Å². The third-order valence-electron chi connectivity index (χ3n) is 6.28. The van der Waals surface area contributed by atoms with Crippen molar-refractivity contribution in [2.45, 2.75) is 47.6 Å². The zero-order valence-electron chi connectivity index (χ0n) is 20.1. The van der Waals surface area contributed by atoms with Crippen LogP contribution in [-0.4, -0.2) is 27.6 Å². The number of ether oxygens (including phenoxy) is 1. The van der Waals surface area contributed by atoms with E-state index in [1.54, 1.807) is 17.8 Å². The van der Waals surface area contributed by atoms with Crippen molar-refractivity contribution >= 4 is 11.6 Å². The van der Waals surface area contributed by atoms with Gasteiger partial charge in [0.05, 0.1) is 13.3 Å². The summed E-state index contributed by atoms with van der Waals surface area (Å²) in [6.07, 6.45) is 2.38. The second kappa shape index (κ2) is 9.06. The number of methoxy groups -OCH3 is 1. The first-order valence-corrected chi connectivity index (χ1v) is 11.1. The minimum atomic E-state index is -0.208. The summed E-state index contributed by atoms with van der Waals surface area (Å²) in [5.74, 6) is 0.536. The Labute approximate surface area is 194 Å². The molecule has 6 nitrogen and oxygen atoms in total. The van der Waals surface area contributed by atoms with E-state index in [-0.39, 0.29) is 5.91 Å². The maximum absolute atomic E-state index is 13.0. The number of rotatable bonds is 6. The van der Waals surface area contributed by atoms with Crippen molar-refractivity contribution in [3.05, 3.63) is 92.9 Å². The molecule has 4 aromatic rings. The number of amides is 1. The fourth-order valence-corrected chi connectivity index (χ4v) is 4.51. The predicted octanol–water partition coefficient (Wildman–Crippen LogP) is 4.80. The first-order chi connectivity index (χ1) is 15.8. The Morgan fingerprint density at radius 3 is 2.42 bits per heavy atom. The molecule has 4 rings (SSSR count). The predicted molar refractivity (Wildman–Crippen MR) is 130 cm³/mol. The van der Waals surface area contributed by atoms with Crippen molar-refractivity contribution in [2.24, 2.45) is 0 Å². The maximum atomic E-state index is 13.0.